The lowest BCUT2D eigenvalue weighted by atomic mass is 10.1. The fraction of sp³-hybridized carbons (Fsp3) is 0.417. The van der Waals surface area contributed by atoms with Crippen LogP contribution in [0.1, 0.15) is 12.5 Å². The number of hydrogen-bond acceptors (Lipinski definition) is 2. The molecule has 0 heterocycles. The molecule has 1 atom stereocenters. The molecule has 5 heteroatoms. The summed E-state index contributed by atoms with van der Waals surface area (Å²) < 4.78 is 13.1. The van der Waals surface area contributed by atoms with Gasteiger partial charge in [-0.15, -0.1) is 0 Å². The molecule has 0 aromatic heterocycles. The van der Waals surface area contributed by atoms with Crippen molar-refractivity contribution < 1.29 is 14.3 Å². The van der Waals surface area contributed by atoms with Gasteiger partial charge in [0.05, 0.1) is 5.92 Å². The summed E-state index contributed by atoms with van der Waals surface area (Å²) in [6.45, 7) is 2.51. The van der Waals surface area contributed by atoms with Crippen LogP contribution in [0.3, 0.4) is 0 Å². The summed E-state index contributed by atoms with van der Waals surface area (Å²) in [5.41, 5.74) is 0.732. The van der Waals surface area contributed by atoms with Crippen LogP contribution in [0.25, 0.3) is 0 Å². The maximum absolute atomic E-state index is 13.1. The summed E-state index contributed by atoms with van der Waals surface area (Å²) in [5, 5.41) is 9.12. The zero-order valence-electron chi connectivity index (χ0n) is 9.78. The first-order chi connectivity index (χ1) is 7.88. The molecule has 3 nitrogen and oxygen atoms in total. The molecule has 0 spiro atoms. The quantitative estimate of drug-likeness (QED) is 0.884. The predicted octanol–water partition coefficient (Wildman–Crippen LogP) is 2.63. The zero-order valence-corrected chi connectivity index (χ0v) is 10.5. The van der Waals surface area contributed by atoms with E-state index in [-0.39, 0.29) is 5.82 Å². The molecule has 1 aromatic carbocycles. The van der Waals surface area contributed by atoms with Gasteiger partial charge in [-0.2, -0.15) is 0 Å². The van der Waals surface area contributed by atoms with Crippen molar-refractivity contribution in [2.45, 2.75) is 13.5 Å². The minimum absolute atomic E-state index is 0.347. The van der Waals surface area contributed by atoms with Gasteiger partial charge in [0.2, 0.25) is 0 Å². The molecule has 0 aliphatic heterocycles. The minimum Gasteiger partial charge on any atom is -0.481 e. The summed E-state index contributed by atoms with van der Waals surface area (Å²) in [6, 6.07) is 4.31. The van der Waals surface area contributed by atoms with Gasteiger partial charge in [0.15, 0.2) is 0 Å². The van der Waals surface area contributed by atoms with Crippen molar-refractivity contribution in [3.63, 3.8) is 0 Å². The predicted molar refractivity (Wildman–Crippen MR) is 64.5 cm³/mol. The van der Waals surface area contributed by atoms with Crippen molar-refractivity contribution in [2.24, 2.45) is 5.92 Å². The summed E-state index contributed by atoms with van der Waals surface area (Å²) in [4.78, 5) is 12.5. The highest BCUT2D eigenvalue weighted by molar-refractivity contribution is 6.30. The van der Waals surface area contributed by atoms with E-state index in [4.69, 9.17) is 16.7 Å². The fourth-order valence-corrected chi connectivity index (χ4v) is 1.87. The van der Waals surface area contributed by atoms with E-state index >= 15 is 0 Å². The Hall–Kier alpha value is -1.13. The Bertz CT molecular complexity index is 391. The molecule has 0 radical (unpaired) electrons. The van der Waals surface area contributed by atoms with Crippen molar-refractivity contribution in [1.82, 2.24) is 4.90 Å². The van der Waals surface area contributed by atoms with E-state index in [9.17, 15) is 9.18 Å². The number of nitrogens with zero attached hydrogens (tertiary/aromatic N) is 1. The number of aliphatic carboxylic acids is 1. The highest BCUT2D eigenvalue weighted by atomic mass is 35.5. The molecule has 0 saturated carbocycles. The van der Waals surface area contributed by atoms with Crippen molar-refractivity contribution in [3.8, 4) is 0 Å². The molecule has 0 saturated heterocycles. The first kappa shape index (κ1) is 13.9. The number of halogens is 2. The van der Waals surface area contributed by atoms with Crippen molar-refractivity contribution in [2.75, 3.05) is 13.6 Å². The van der Waals surface area contributed by atoms with Gasteiger partial charge in [0, 0.05) is 18.1 Å². The number of benzene rings is 1. The van der Waals surface area contributed by atoms with Gasteiger partial charge in [-0.3, -0.25) is 4.79 Å². The third-order valence-corrected chi connectivity index (χ3v) is 2.60. The molecule has 0 bridgehead atoms. The number of rotatable bonds is 5. The van der Waals surface area contributed by atoms with Gasteiger partial charge in [0.1, 0.15) is 5.82 Å². The van der Waals surface area contributed by atoms with Crippen molar-refractivity contribution in [3.05, 3.63) is 34.6 Å². The van der Waals surface area contributed by atoms with Crippen LogP contribution in [0, 0.1) is 11.7 Å². The molecule has 17 heavy (non-hydrogen) atoms. The summed E-state index contributed by atoms with van der Waals surface area (Å²) in [6.07, 6.45) is 0. The molecule has 1 N–H and O–H groups in total. The molecule has 0 amide bonds. The number of carboxylic acid groups (broad SMARTS) is 1. The Labute approximate surface area is 105 Å². The standard InChI is InChI=1S/C12H15ClFNO2/c1-8(12(16)17)6-15(2)7-9-3-10(13)5-11(14)4-9/h3-5,8H,6-7H2,1-2H3,(H,16,17). The van der Waals surface area contributed by atoms with Crippen LogP contribution in [0.4, 0.5) is 4.39 Å². The second-order valence-electron chi connectivity index (χ2n) is 4.21. The number of carboxylic acids is 1. The molecule has 1 unspecified atom stereocenters. The van der Waals surface area contributed by atoms with E-state index in [0.717, 1.165) is 5.56 Å². The highest BCUT2D eigenvalue weighted by Gasteiger charge is 2.13. The SMILES string of the molecule is CC(CN(C)Cc1cc(F)cc(Cl)c1)C(=O)O. The van der Waals surface area contributed by atoms with E-state index < -0.39 is 11.9 Å². The number of carbonyl (C=O) groups is 1. The van der Waals surface area contributed by atoms with E-state index in [1.807, 2.05) is 4.90 Å². The zero-order chi connectivity index (χ0) is 13.0. The molecule has 0 aliphatic carbocycles. The summed E-state index contributed by atoms with van der Waals surface area (Å²) >= 11 is 5.74. The van der Waals surface area contributed by atoms with Gasteiger partial charge >= 0.3 is 5.97 Å². The minimum atomic E-state index is -0.839. The van der Waals surface area contributed by atoms with Gasteiger partial charge in [-0.1, -0.05) is 18.5 Å². The molecule has 94 valence electrons. The van der Waals surface area contributed by atoms with E-state index in [0.29, 0.717) is 18.1 Å². The third-order valence-electron chi connectivity index (χ3n) is 2.38. The van der Waals surface area contributed by atoms with E-state index in [2.05, 4.69) is 0 Å². The molecular weight excluding hydrogens is 245 g/mol. The smallest absolute Gasteiger partial charge is 0.307 e. The van der Waals surface area contributed by atoms with Gasteiger partial charge < -0.3 is 10.0 Å². The Morgan fingerprint density at radius 3 is 2.71 bits per heavy atom. The molecule has 0 fully saturated rings. The Balaban J connectivity index is 2.61. The van der Waals surface area contributed by atoms with Crippen molar-refractivity contribution >= 4 is 17.6 Å². The highest BCUT2D eigenvalue weighted by Crippen LogP contribution is 2.15. The van der Waals surface area contributed by atoms with Crippen LogP contribution < -0.4 is 0 Å². The first-order valence-electron chi connectivity index (χ1n) is 5.25. The van der Waals surface area contributed by atoms with Crippen LogP contribution in [-0.4, -0.2) is 29.6 Å². The maximum Gasteiger partial charge on any atom is 0.307 e. The second kappa shape index (κ2) is 5.98. The molecule has 0 aliphatic rings. The van der Waals surface area contributed by atoms with Gasteiger partial charge in [0.25, 0.3) is 0 Å². The largest absolute Gasteiger partial charge is 0.481 e. The molecule has 1 rings (SSSR count). The topological polar surface area (TPSA) is 40.5 Å². The van der Waals surface area contributed by atoms with E-state index in [1.165, 1.54) is 12.1 Å². The third kappa shape index (κ3) is 4.71. The van der Waals surface area contributed by atoms with Crippen LogP contribution in [-0.2, 0) is 11.3 Å². The lowest BCUT2D eigenvalue weighted by Crippen LogP contribution is -2.28. The van der Waals surface area contributed by atoms with Crippen LogP contribution in [0.15, 0.2) is 18.2 Å². The lowest BCUT2D eigenvalue weighted by molar-refractivity contribution is -0.141. The van der Waals surface area contributed by atoms with E-state index in [1.54, 1.807) is 20.0 Å². The van der Waals surface area contributed by atoms with Crippen LogP contribution in [0.5, 0.6) is 0 Å². The summed E-state index contributed by atoms with van der Waals surface area (Å²) in [7, 11) is 1.79. The molecule has 1 aromatic rings. The van der Waals surface area contributed by atoms with Crippen LogP contribution in [0.2, 0.25) is 5.02 Å². The van der Waals surface area contributed by atoms with Gasteiger partial charge in [-0.05, 0) is 30.8 Å². The Morgan fingerprint density at radius 2 is 2.18 bits per heavy atom. The second-order valence-corrected chi connectivity index (χ2v) is 4.65. The Morgan fingerprint density at radius 1 is 1.53 bits per heavy atom. The Kier molecular flexibility index (Phi) is 4.90. The van der Waals surface area contributed by atoms with Crippen molar-refractivity contribution in [1.29, 1.82) is 0 Å². The normalized spacial score (nSPS) is 12.8. The average molecular weight is 260 g/mol. The monoisotopic (exact) mass is 259 g/mol. The van der Waals surface area contributed by atoms with Crippen LogP contribution >= 0.6 is 11.6 Å². The molecular formula is C12H15ClFNO2. The maximum atomic E-state index is 13.1. The summed E-state index contributed by atoms with van der Waals surface area (Å²) in [5.74, 6) is -1.68. The fourth-order valence-electron chi connectivity index (χ4n) is 1.62. The number of hydrogen-bond donors (Lipinski definition) is 1. The average Bonchev–Trinajstić information content (AvgIpc) is 2.14. The first-order valence-corrected chi connectivity index (χ1v) is 5.62. The lowest BCUT2D eigenvalue weighted by Gasteiger charge is -2.19. The van der Waals surface area contributed by atoms with Gasteiger partial charge in [-0.25, -0.2) is 4.39 Å².